The second-order valence-corrected chi connectivity index (χ2v) is 7.42. The van der Waals surface area contributed by atoms with Crippen LogP contribution >= 0.6 is 15.9 Å². The molecule has 1 heterocycles. The van der Waals surface area contributed by atoms with E-state index in [1.165, 1.54) is 0 Å². The molecule has 30 heavy (non-hydrogen) atoms. The fourth-order valence-electron chi connectivity index (χ4n) is 3.00. The summed E-state index contributed by atoms with van der Waals surface area (Å²) in [6.45, 7) is 3.86. The molecule has 0 saturated carbocycles. The minimum Gasteiger partial charge on any atom is -0.482 e. The van der Waals surface area contributed by atoms with E-state index in [9.17, 15) is 4.79 Å². The highest BCUT2D eigenvalue weighted by Crippen LogP contribution is 2.26. The monoisotopic (exact) mass is 459 g/mol. The number of rotatable bonds is 6. The zero-order valence-electron chi connectivity index (χ0n) is 16.0. The number of cyclic esters (lactones) is 1. The Bertz CT molecular complexity index is 1130. The van der Waals surface area contributed by atoms with Gasteiger partial charge in [-0.1, -0.05) is 61.2 Å². The van der Waals surface area contributed by atoms with Crippen LogP contribution in [0.15, 0.2) is 107 Å². The molecule has 4 rings (SSSR count). The summed E-state index contributed by atoms with van der Waals surface area (Å²) in [7, 11) is 0. The average molecular weight is 460 g/mol. The molecule has 0 bridgehead atoms. The van der Waals surface area contributed by atoms with Crippen LogP contribution in [0.1, 0.15) is 22.8 Å². The number of hydrogen-bond donors (Lipinski definition) is 0. The number of aliphatic imine (C=N–C) groups is 1. The van der Waals surface area contributed by atoms with Gasteiger partial charge in [0.25, 0.3) is 0 Å². The largest absolute Gasteiger partial charge is 0.482 e. The van der Waals surface area contributed by atoms with Gasteiger partial charge in [-0.05, 0) is 63.5 Å². The Labute approximate surface area is 183 Å². The van der Waals surface area contributed by atoms with Gasteiger partial charge in [0, 0.05) is 4.47 Å². The van der Waals surface area contributed by atoms with Gasteiger partial charge in [0.15, 0.2) is 5.70 Å². The number of hydrogen-bond acceptors (Lipinski definition) is 4. The lowest BCUT2D eigenvalue weighted by Crippen LogP contribution is -2.05. The molecule has 1 aliphatic rings. The molecular formula is C25H18BrNO3. The normalized spacial score (nSPS) is 15.4. The molecule has 0 fully saturated rings. The lowest BCUT2D eigenvalue weighted by molar-refractivity contribution is -0.129. The Morgan fingerprint density at radius 3 is 2.37 bits per heavy atom. The Hall–Kier alpha value is -3.44. The highest BCUT2D eigenvalue weighted by atomic mass is 79.9. The van der Waals surface area contributed by atoms with Gasteiger partial charge < -0.3 is 9.47 Å². The standard InChI is InChI=1S/C25H18BrNO3/c1-2-23(18-8-4-3-5-9-18)29-19-14-12-17(13-15-19)16-22-25(28)30-24(27-22)20-10-6-7-11-21(20)26/h2-16,23H,1H2/b22-16-. The number of carbonyl (C=O) groups excluding carboxylic acids is 1. The van der Waals surface area contributed by atoms with Gasteiger partial charge >= 0.3 is 5.97 Å². The number of esters is 1. The Morgan fingerprint density at radius 2 is 1.67 bits per heavy atom. The quantitative estimate of drug-likeness (QED) is 0.254. The molecule has 5 heteroatoms. The SMILES string of the molecule is C=CC(Oc1ccc(/C=C2\N=C(c3ccccc3Br)OC2=O)cc1)c1ccccc1. The van der Waals surface area contributed by atoms with Crippen molar-refractivity contribution >= 4 is 33.9 Å². The molecule has 1 aliphatic heterocycles. The van der Waals surface area contributed by atoms with Gasteiger partial charge in [0.2, 0.25) is 5.90 Å². The van der Waals surface area contributed by atoms with Crippen molar-refractivity contribution in [1.82, 2.24) is 0 Å². The van der Waals surface area contributed by atoms with Gasteiger partial charge in [-0.15, -0.1) is 0 Å². The van der Waals surface area contributed by atoms with Gasteiger partial charge in [-0.3, -0.25) is 0 Å². The van der Waals surface area contributed by atoms with E-state index in [1.54, 1.807) is 12.2 Å². The molecule has 1 atom stereocenters. The van der Waals surface area contributed by atoms with Gasteiger partial charge in [0.05, 0.1) is 5.56 Å². The van der Waals surface area contributed by atoms with E-state index in [0.29, 0.717) is 5.75 Å². The molecule has 3 aromatic rings. The van der Waals surface area contributed by atoms with Crippen LogP contribution in [0.4, 0.5) is 0 Å². The van der Waals surface area contributed by atoms with Gasteiger partial charge in [-0.25, -0.2) is 9.79 Å². The molecule has 4 nitrogen and oxygen atoms in total. The molecular weight excluding hydrogens is 442 g/mol. The topological polar surface area (TPSA) is 47.9 Å². The van der Waals surface area contributed by atoms with Crippen molar-refractivity contribution in [2.24, 2.45) is 4.99 Å². The van der Waals surface area contributed by atoms with Crippen LogP contribution in [0.3, 0.4) is 0 Å². The van der Waals surface area contributed by atoms with Crippen LogP contribution < -0.4 is 4.74 Å². The zero-order valence-corrected chi connectivity index (χ0v) is 17.6. The van der Waals surface area contributed by atoms with Crippen LogP contribution in [0.2, 0.25) is 0 Å². The summed E-state index contributed by atoms with van der Waals surface area (Å²) in [5.74, 6) is 0.518. The van der Waals surface area contributed by atoms with Gasteiger partial charge in [0.1, 0.15) is 11.9 Å². The molecule has 0 aromatic heterocycles. The van der Waals surface area contributed by atoms with Crippen LogP contribution in [-0.2, 0) is 9.53 Å². The number of benzene rings is 3. The predicted molar refractivity (Wildman–Crippen MR) is 121 cm³/mol. The molecule has 0 spiro atoms. The fourth-order valence-corrected chi connectivity index (χ4v) is 3.46. The first-order valence-corrected chi connectivity index (χ1v) is 10.1. The number of halogens is 1. The van der Waals surface area contributed by atoms with E-state index < -0.39 is 5.97 Å². The summed E-state index contributed by atoms with van der Waals surface area (Å²) >= 11 is 3.45. The summed E-state index contributed by atoms with van der Waals surface area (Å²) in [4.78, 5) is 16.6. The van der Waals surface area contributed by atoms with E-state index in [2.05, 4.69) is 27.5 Å². The maximum atomic E-state index is 12.2. The highest BCUT2D eigenvalue weighted by molar-refractivity contribution is 9.10. The van der Waals surface area contributed by atoms with Crippen LogP contribution in [0, 0.1) is 0 Å². The van der Waals surface area contributed by atoms with Crippen molar-refractivity contribution in [3.05, 3.63) is 118 Å². The van der Waals surface area contributed by atoms with E-state index >= 15 is 0 Å². The molecule has 0 radical (unpaired) electrons. The van der Waals surface area contributed by atoms with Crippen molar-refractivity contribution in [3.8, 4) is 5.75 Å². The molecule has 0 amide bonds. The summed E-state index contributed by atoms with van der Waals surface area (Å²) in [6.07, 6.45) is 3.22. The van der Waals surface area contributed by atoms with E-state index in [0.717, 1.165) is 21.2 Å². The highest BCUT2D eigenvalue weighted by Gasteiger charge is 2.25. The lowest BCUT2D eigenvalue weighted by Gasteiger charge is -2.16. The molecule has 148 valence electrons. The van der Waals surface area contributed by atoms with Crippen molar-refractivity contribution in [2.75, 3.05) is 0 Å². The average Bonchev–Trinajstić information content (AvgIpc) is 3.14. The number of nitrogens with zero attached hydrogens (tertiary/aromatic N) is 1. The first-order valence-electron chi connectivity index (χ1n) is 9.36. The maximum Gasteiger partial charge on any atom is 0.363 e. The van der Waals surface area contributed by atoms with Crippen LogP contribution in [0.25, 0.3) is 6.08 Å². The molecule has 0 saturated heterocycles. The molecule has 0 N–H and O–H groups in total. The Kier molecular flexibility index (Phi) is 5.91. The van der Waals surface area contributed by atoms with Gasteiger partial charge in [-0.2, -0.15) is 0 Å². The minimum absolute atomic E-state index is 0.239. The lowest BCUT2D eigenvalue weighted by atomic mass is 10.1. The zero-order chi connectivity index (χ0) is 20.9. The third kappa shape index (κ3) is 4.42. The summed E-state index contributed by atoms with van der Waals surface area (Å²) in [5, 5.41) is 0. The van der Waals surface area contributed by atoms with Crippen molar-refractivity contribution in [3.63, 3.8) is 0 Å². The third-order valence-electron chi connectivity index (χ3n) is 4.51. The van der Waals surface area contributed by atoms with Crippen LogP contribution in [-0.4, -0.2) is 11.9 Å². The molecule has 1 unspecified atom stereocenters. The fraction of sp³-hybridized carbons (Fsp3) is 0.0400. The molecule has 3 aromatic carbocycles. The summed E-state index contributed by atoms with van der Waals surface area (Å²) < 4.78 is 12.2. The van der Waals surface area contributed by atoms with Crippen molar-refractivity contribution < 1.29 is 14.3 Å². The van der Waals surface area contributed by atoms with E-state index in [4.69, 9.17) is 9.47 Å². The Morgan fingerprint density at radius 1 is 0.967 bits per heavy atom. The number of ether oxygens (including phenoxy) is 2. The smallest absolute Gasteiger partial charge is 0.363 e. The first kappa shape index (κ1) is 19.9. The summed E-state index contributed by atoms with van der Waals surface area (Å²) in [6, 6.07) is 24.8. The minimum atomic E-state index is -0.475. The first-order chi connectivity index (χ1) is 14.6. The van der Waals surface area contributed by atoms with Crippen molar-refractivity contribution in [2.45, 2.75) is 6.10 Å². The van der Waals surface area contributed by atoms with Crippen LogP contribution in [0.5, 0.6) is 5.75 Å². The number of carbonyl (C=O) groups is 1. The molecule has 0 aliphatic carbocycles. The summed E-state index contributed by atoms with van der Waals surface area (Å²) in [5.41, 5.74) is 2.83. The maximum absolute atomic E-state index is 12.2. The predicted octanol–water partition coefficient (Wildman–Crippen LogP) is 6.10. The second kappa shape index (κ2) is 8.93. The third-order valence-corrected chi connectivity index (χ3v) is 5.20. The Balaban J connectivity index is 1.51. The van der Waals surface area contributed by atoms with Crippen molar-refractivity contribution in [1.29, 1.82) is 0 Å². The van der Waals surface area contributed by atoms with E-state index in [-0.39, 0.29) is 17.7 Å². The second-order valence-electron chi connectivity index (χ2n) is 6.57. The van der Waals surface area contributed by atoms with E-state index in [1.807, 2.05) is 78.9 Å².